The highest BCUT2D eigenvalue weighted by molar-refractivity contribution is 6.30. The molecule has 2 heterocycles. The van der Waals surface area contributed by atoms with Crippen LogP contribution < -0.4 is 15.0 Å². The monoisotopic (exact) mass is 354 g/mol. The number of piperazine rings is 1. The molecule has 0 unspecified atom stereocenters. The van der Waals surface area contributed by atoms with Gasteiger partial charge in [0.15, 0.2) is 5.82 Å². The third-order valence-electron chi connectivity index (χ3n) is 3.60. The number of rotatable bonds is 4. The number of aromatic nitrogens is 2. The fourth-order valence-corrected chi connectivity index (χ4v) is 2.67. The quantitative estimate of drug-likeness (QED) is 0.914. The third kappa shape index (κ3) is 4.70. The molecule has 0 aliphatic carbocycles. The summed E-state index contributed by atoms with van der Waals surface area (Å²) < 4.78 is 5.76. The van der Waals surface area contributed by atoms with Gasteiger partial charge < -0.3 is 15.0 Å². The minimum atomic E-state index is 0. The first-order chi connectivity index (χ1) is 10.7. The highest BCUT2D eigenvalue weighted by atomic mass is 35.5. The fourth-order valence-electron chi connectivity index (χ4n) is 2.45. The molecule has 0 atom stereocenters. The van der Waals surface area contributed by atoms with Gasteiger partial charge in [0, 0.05) is 31.2 Å². The Morgan fingerprint density at radius 1 is 1.30 bits per heavy atom. The molecule has 2 aromatic rings. The van der Waals surface area contributed by atoms with Crippen LogP contribution >= 0.6 is 24.0 Å². The van der Waals surface area contributed by atoms with E-state index in [0.717, 1.165) is 43.3 Å². The Bertz CT molecular complexity index is 648. The van der Waals surface area contributed by atoms with Gasteiger partial charge in [0.1, 0.15) is 6.61 Å². The number of anilines is 1. The number of hydrogen-bond donors (Lipinski definition) is 1. The lowest BCUT2D eigenvalue weighted by atomic mass is 10.2. The molecule has 1 saturated heterocycles. The van der Waals surface area contributed by atoms with Crippen LogP contribution in [0.3, 0.4) is 0 Å². The van der Waals surface area contributed by atoms with Crippen LogP contribution in [0.25, 0.3) is 0 Å². The van der Waals surface area contributed by atoms with Gasteiger partial charge in [-0.1, -0.05) is 23.7 Å². The number of nitrogens with zero attached hydrogens (tertiary/aromatic N) is 3. The van der Waals surface area contributed by atoms with Crippen molar-refractivity contribution in [1.82, 2.24) is 15.3 Å². The predicted octanol–water partition coefficient (Wildman–Crippen LogP) is 2.85. The molecule has 1 aromatic heterocycles. The van der Waals surface area contributed by atoms with E-state index in [1.54, 1.807) is 6.20 Å². The van der Waals surface area contributed by atoms with E-state index in [1.807, 2.05) is 31.2 Å². The van der Waals surface area contributed by atoms with Gasteiger partial charge in [-0.25, -0.2) is 0 Å². The van der Waals surface area contributed by atoms with Crippen molar-refractivity contribution in [3.63, 3.8) is 0 Å². The van der Waals surface area contributed by atoms with Gasteiger partial charge in [-0.05, 0) is 24.6 Å². The van der Waals surface area contributed by atoms with E-state index in [2.05, 4.69) is 20.2 Å². The summed E-state index contributed by atoms with van der Waals surface area (Å²) in [7, 11) is 0. The lowest BCUT2D eigenvalue weighted by Crippen LogP contribution is -2.44. The SMILES string of the molecule is Cc1ncc(OCc2cccc(Cl)c2)nc1N1CCNCC1.Cl. The number of benzene rings is 1. The van der Waals surface area contributed by atoms with E-state index in [0.29, 0.717) is 17.5 Å². The van der Waals surface area contributed by atoms with Gasteiger partial charge >= 0.3 is 0 Å². The molecular formula is C16H20Cl2N4O. The maximum atomic E-state index is 5.98. The maximum Gasteiger partial charge on any atom is 0.234 e. The van der Waals surface area contributed by atoms with Crippen LogP contribution in [0.4, 0.5) is 5.82 Å². The molecule has 7 heteroatoms. The first kappa shape index (κ1) is 17.8. The molecule has 0 spiro atoms. The van der Waals surface area contributed by atoms with Crippen LogP contribution in [-0.2, 0) is 6.61 Å². The average Bonchev–Trinajstić information content (AvgIpc) is 2.55. The lowest BCUT2D eigenvalue weighted by molar-refractivity contribution is 0.292. The topological polar surface area (TPSA) is 50.3 Å². The summed E-state index contributed by atoms with van der Waals surface area (Å²) in [5, 5.41) is 4.04. The summed E-state index contributed by atoms with van der Waals surface area (Å²) in [4.78, 5) is 11.3. The van der Waals surface area contributed by atoms with Crippen molar-refractivity contribution in [3.8, 4) is 5.88 Å². The van der Waals surface area contributed by atoms with Crippen molar-refractivity contribution in [2.24, 2.45) is 0 Å². The fraction of sp³-hybridized carbons (Fsp3) is 0.375. The molecule has 1 aliphatic rings. The summed E-state index contributed by atoms with van der Waals surface area (Å²) in [6, 6.07) is 7.62. The zero-order valence-corrected chi connectivity index (χ0v) is 14.5. The van der Waals surface area contributed by atoms with Gasteiger partial charge in [0.2, 0.25) is 5.88 Å². The van der Waals surface area contributed by atoms with E-state index in [4.69, 9.17) is 16.3 Å². The summed E-state index contributed by atoms with van der Waals surface area (Å²) in [6.45, 7) is 6.22. The summed E-state index contributed by atoms with van der Waals surface area (Å²) in [5.41, 5.74) is 1.94. The van der Waals surface area contributed by atoms with Crippen LogP contribution in [0.5, 0.6) is 5.88 Å². The average molecular weight is 355 g/mol. The maximum absolute atomic E-state index is 5.98. The first-order valence-electron chi connectivity index (χ1n) is 7.39. The Morgan fingerprint density at radius 2 is 2.09 bits per heavy atom. The predicted molar refractivity (Wildman–Crippen MR) is 94.9 cm³/mol. The molecule has 0 amide bonds. The van der Waals surface area contributed by atoms with Crippen molar-refractivity contribution < 1.29 is 4.74 Å². The zero-order chi connectivity index (χ0) is 15.4. The highest BCUT2D eigenvalue weighted by Crippen LogP contribution is 2.20. The normalized spacial score (nSPS) is 14.3. The van der Waals surface area contributed by atoms with E-state index >= 15 is 0 Å². The Labute approximate surface area is 147 Å². The minimum absolute atomic E-state index is 0. The summed E-state index contributed by atoms with van der Waals surface area (Å²) >= 11 is 5.98. The van der Waals surface area contributed by atoms with Gasteiger partial charge in [-0.15, -0.1) is 12.4 Å². The van der Waals surface area contributed by atoms with Crippen molar-refractivity contribution in [2.45, 2.75) is 13.5 Å². The van der Waals surface area contributed by atoms with E-state index in [9.17, 15) is 0 Å². The molecule has 3 rings (SSSR count). The van der Waals surface area contributed by atoms with Crippen molar-refractivity contribution in [3.05, 3.63) is 46.7 Å². The summed E-state index contributed by atoms with van der Waals surface area (Å²) in [5.74, 6) is 1.45. The highest BCUT2D eigenvalue weighted by Gasteiger charge is 2.15. The van der Waals surface area contributed by atoms with Gasteiger partial charge in [-0.2, -0.15) is 4.98 Å². The summed E-state index contributed by atoms with van der Waals surface area (Å²) in [6.07, 6.45) is 1.67. The van der Waals surface area contributed by atoms with Gasteiger partial charge in [0.05, 0.1) is 11.9 Å². The molecule has 1 aromatic carbocycles. The van der Waals surface area contributed by atoms with Crippen molar-refractivity contribution in [2.75, 3.05) is 31.1 Å². The standard InChI is InChI=1S/C16H19ClN4O.ClH/c1-12-16(21-7-5-18-6-8-21)20-15(10-19-12)22-11-13-3-2-4-14(17)9-13;/h2-4,9-10,18H,5-8,11H2,1H3;1H. The molecule has 23 heavy (non-hydrogen) atoms. The van der Waals surface area contributed by atoms with Crippen LogP contribution in [0.15, 0.2) is 30.5 Å². The smallest absolute Gasteiger partial charge is 0.234 e. The molecule has 0 saturated carbocycles. The minimum Gasteiger partial charge on any atom is -0.472 e. The van der Waals surface area contributed by atoms with Gasteiger partial charge in [-0.3, -0.25) is 4.98 Å². The Morgan fingerprint density at radius 3 is 2.83 bits per heavy atom. The van der Waals surface area contributed by atoms with Crippen LogP contribution in [0.2, 0.25) is 5.02 Å². The first-order valence-corrected chi connectivity index (χ1v) is 7.77. The number of ether oxygens (including phenoxy) is 1. The van der Waals surface area contributed by atoms with Crippen LogP contribution in [0.1, 0.15) is 11.3 Å². The largest absolute Gasteiger partial charge is 0.472 e. The van der Waals surface area contributed by atoms with E-state index in [-0.39, 0.29) is 12.4 Å². The molecule has 1 fully saturated rings. The Hall–Kier alpha value is -1.56. The Balaban J connectivity index is 0.00000192. The van der Waals surface area contributed by atoms with Crippen molar-refractivity contribution >= 4 is 29.8 Å². The number of nitrogens with one attached hydrogen (secondary N) is 1. The molecule has 0 bridgehead atoms. The second-order valence-corrected chi connectivity index (χ2v) is 5.71. The second-order valence-electron chi connectivity index (χ2n) is 5.27. The van der Waals surface area contributed by atoms with Crippen molar-refractivity contribution in [1.29, 1.82) is 0 Å². The molecular weight excluding hydrogens is 335 g/mol. The molecule has 0 radical (unpaired) electrons. The number of aryl methyl sites for hydroxylation is 1. The van der Waals surface area contributed by atoms with E-state index < -0.39 is 0 Å². The second kappa shape index (κ2) is 8.34. The Kier molecular flexibility index (Phi) is 6.45. The number of hydrogen-bond acceptors (Lipinski definition) is 5. The third-order valence-corrected chi connectivity index (χ3v) is 3.84. The van der Waals surface area contributed by atoms with E-state index in [1.165, 1.54) is 0 Å². The molecule has 1 aliphatic heterocycles. The lowest BCUT2D eigenvalue weighted by Gasteiger charge is -2.29. The molecule has 1 N–H and O–H groups in total. The van der Waals surface area contributed by atoms with Gasteiger partial charge in [0.25, 0.3) is 0 Å². The number of halogens is 2. The molecule has 5 nitrogen and oxygen atoms in total. The van der Waals surface area contributed by atoms with Crippen LogP contribution in [0, 0.1) is 6.92 Å². The molecule has 124 valence electrons. The zero-order valence-electron chi connectivity index (χ0n) is 13.0. The van der Waals surface area contributed by atoms with Crippen LogP contribution in [-0.4, -0.2) is 36.1 Å².